The van der Waals surface area contributed by atoms with Gasteiger partial charge in [-0.05, 0) is 39.7 Å². The van der Waals surface area contributed by atoms with Crippen molar-refractivity contribution in [2.24, 2.45) is 0 Å². The molecule has 0 aromatic carbocycles. The van der Waals surface area contributed by atoms with E-state index < -0.39 is 5.60 Å². The van der Waals surface area contributed by atoms with E-state index in [1.807, 2.05) is 26.8 Å². The van der Waals surface area contributed by atoms with Crippen LogP contribution in [0, 0.1) is 13.8 Å². The molecule has 0 bridgehead atoms. The Morgan fingerprint density at radius 1 is 1.33 bits per heavy atom. The van der Waals surface area contributed by atoms with Gasteiger partial charge in [-0.1, -0.05) is 0 Å². The molecule has 6 nitrogen and oxygen atoms in total. The molecule has 1 aliphatic heterocycles. The van der Waals surface area contributed by atoms with Gasteiger partial charge in [0.15, 0.2) is 5.65 Å². The Morgan fingerprint density at radius 3 is 2.67 bits per heavy atom. The zero-order valence-corrected chi connectivity index (χ0v) is 12.6. The van der Waals surface area contributed by atoms with E-state index in [0.29, 0.717) is 37.1 Å². The van der Waals surface area contributed by atoms with Gasteiger partial charge in [-0.3, -0.25) is 4.79 Å². The minimum Gasteiger partial charge on any atom is -0.390 e. The number of carbonyl (C=O) groups excluding carboxylic acids is 1. The van der Waals surface area contributed by atoms with Crippen molar-refractivity contribution >= 4 is 11.6 Å². The van der Waals surface area contributed by atoms with Crippen molar-refractivity contribution in [2.75, 3.05) is 13.1 Å². The summed E-state index contributed by atoms with van der Waals surface area (Å²) in [6, 6.07) is 1.94. The smallest absolute Gasteiger partial charge is 0.259 e. The first kappa shape index (κ1) is 14.0. The van der Waals surface area contributed by atoms with Crippen molar-refractivity contribution in [2.45, 2.75) is 39.2 Å². The molecule has 0 radical (unpaired) electrons. The molecule has 0 unspecified atom stereocenters. The largest absolute Gasteiger partial charge is 0.390 e. The molecule has 2 aromatic heterocycles. The third-order valence-electron chi connectivity index (χ3n) is 4.14. The van der Waals surface area contributed by atoms with E-state index in [1.54, 1.807) is 15.6 Å². The lowest BCUT2D eigenvalue weighted by Crippen LogP contribution is -2.45. The lowest BCUT2D eigenvalue weighted by Gasteiger charge is -2.35. The molecule has 0 aliphatic carbocycles. The molecule has 0 saturated carbocycles. The van der Waals surface area contributed by atoms with Crippen LogP contribution in [0.15, 0.2) is 12.3 Å². The highest BCUT2D eigenvalue weighted by atomic mass is 16.3. The highest BCUT2D eigenvalue weighted by molar-refractivity contribution is 5.99. The summed E-state index contributed by atoms with van der Waals surface area (Å²) in [5.74, 6) is -0.0574. The molecule has 3 rings (SSSR count). The van der Waals surface area contributed by atoms with E-state index >= 15 is 0 Å². The molecule has 1 saturated heterocycles. The van der Waals surface area contributed by atoms with Crippen LogP contribution in [0.2, 0.25) is 0 Å². The van der Waals surface area contributed by atoms with Gasteiger partial charge >= 0.3 is 0 Å². The molecule has 1 aliphatic rings. The second kappa shape index (κ2) is 4.80. The number of aromatic nitrogens is 3. The van der Waals surface area contributed by atoms with E-state index in [0.717, 1.165) is 11.4 Å². The molecule has 6 heteroatoms. The topological polar surface area (TPSA) is 70.7 Å². The van der Waals surface area contributed by atoms with Gasteiger partial charge in [0.2, 0.25) is 0 Å². The zero-order valence-electron chi connectivity index (χ0n) is 12.6. The standard InChI is InChI=1S/C15H20N4O2/c1-10-8-11(2)19-13(17-10)12(9-16-19)14(20)18-6-4-15(3,21)5-7-18/h8-9,21H,4-7H2,1-3H3. The van der Waals surface area contributed by atoms with E-state index in [1.165, 1.54) is 0 Å². The summed E-state index contributed by atoms with van der Waals surface area (Å²) in [7, 11) is 0. The minimum absolute atomic E-state index is 0.0574. The summed E-state index contributed by atoms with van der Waals surface area (Å²) in [6.45, 7) is 6.80. The molecule has 1 fully saturated rings. The van der Waals surface area contributed by atoms with E-state index in [-0.39, 0.29) is 5.91 Å². The van der Waals surface area contributed by atoms with Gasteiger partial charge in [-0.2, -0.15) is 5.10 Å². The highest BCUT2D eigenvalue weighted by Gasteiger charge is 2.31. The number of hydrogen-bond donors (Lipinski definition) is 1. The van der Waals surface area contributed by atoms with Crippen molar-refractivity contribution in [3.05, 3.63) is 29.2 Å². The minimum atomic E-state index is -0.663. The number of nitrogens with zero attached hydrogens (tertiary/aromatic N) is 4. The van der Waals surface area contributed by atoms with Crippen molar-refractivity contribution in [3.63, 3.8) is 0 Å². The van der Waals surface area contributed by atoms with Crippen molar-refractivity contribution in [1.82, 2.24) is 19.5 Å². The Balaban J connectivity index is 1.92. The summed E-state index contributed by atoms with van der Waals surface area (Å²) >= 11 is 0. The molecule has 1 amide bonds. The van der Waals surface area contributed by atoms with Gasteiger partial charge in [0.05, 0.1) is 11.8 Å². The van der Waals surface area contributed by atoms with Crippen molar-refractivity contribution < 1.29 is 9.90 Å². The van der Waals surface area contributed by atoms with Gasteiger partial charge in [0, 0.05) is 24.5 Å². The third-order valence-corrected chi connectivity index (χ3v) is 4.14. The average molecular weight is 288 g/mol. The third kappa shape index (κ3) is 2.51. The van der Waals surface area contributed by atoms with E-state index in [9.17, 15) is 9.90 Å². The van der Waals surface area contributed by atoms with E-state index in [4.69, 9.17) is 0 Å². The monoisotopic (exact) mass is 288 g/mol. The number of fused-ring (bicyclic) bond motifs is 1. The lowest BCUT2D eigenvalue weighted by molar-refractivity contribution is -0.00197. The fraction of sp³-hybridized carbons (Fsp3) is 0.533. The maximum absolute atomic E-state index is 12.7. The maximum Gasteiger partial charge on any atom is 0.259 e. The first-order valence-corrected chi connectivity index (χ1v) is 7.21. The van der Waals surface area contributed by atoms with Gasteiger partial charge in [0.25, 0.3) is 5.91 Å². The summed E-state index contributed by atoms with van der Waals surface area (Å²) in [5, 5.41) is 14.2. The predicted molar refractivity (Wildman–Crippen MR) is 78.2 cm³/mol. The van der Waals surface area contributed by atoms with Crippen molar-refractivity contribution in [3.8, 4) is 0 Å². The molecule has 21 heavy (non-hydrogen) atoms. The first-order chi connectivity index (χ1) is 9.87. The number of aryl methyl sites for hydroxylation is 2. The van der Waals surface area contributed by atoms with Crippen LogP contribution in [0.25, 0.3) is 5.65 Å². The summed E-state index contributed by atoms with van der Waals surface area (Å²) in [5.41, 5.74) is 2.30. The second-order valence-corrected chi connectivity index (χ2v) is 6.12. The number of hydrogen-bond acceptors (Lipinski definition) is 4. The Bertz CT molecular complexity index is 695. The number of rotatable bonds is 1. The van der Waals surface area contributed by atoms with Crippen LogP contribution >= 0.6 is 0 Å². The maximum atomic E-state index is 12.7. The first-order valence-electron chi connectivity index (χ1n) is 7.21. The van der Waals surface area contributed by atoms with Crippen LogP contribution in [-0.2, 0) is 0 Å². The van der Waals surface area contributed by atoms with Gasteiger partial charge in [-0.15, -0.1) is 0 Å². The SMILES string of the molecule is Cc1cc(C)n2ncc(C(=O)N3CCC(C)(O)CC3)c2n1. The normalized spacial score (nSPS) is 18.2. The number of aliphatic hydroxyl groups is 1. The fourth-order valence-electron chi connectivity index (χ4n) is 2.78. The van der Waals surface area contributed by atoms with Gasteiger partial charge in [-0.25, -0.2) is 9.50 Å². The molecular formula is C15H20N4O2. The summed E-state index contributed by atoms with van der Waals surface area (Å²) in [6.07, 6.45) is 2.79. The molecule has 0 atom stereocenters. The van der Waals surface area contributed by atoms with Crippen molar-refractivity contribution in [1.29, 1.82) is 0 Å². The van der Waals surface area contributed by atoms with Crippen LogP contribution in [0.1, 0.15) is 41.5 Å². The molecule has 3 heterocycles. The van der Waals surface area contributed by atoms with Crippen LogP contribution < -0.4 is 0 Å². The van der Waals surface area contributed by atoms with Gasteiger partial charge in [0.1, 0.15) is 5.56 Å². The summed E-state index contributed by atoms with van der Waals surface area (Å²) < 4.78 is 1.69. The predicted octanol–water partition coefficient (Wildman–Crippen LogP) is 1.33. The molecule has 2 aromatic rings. The number of amides is 1. The Hall–Kier alpha value is -1.95. The number of piperidine rings is 1. The Kier molecular flexibility index (Phi) is 3.20. The molecule has 112 valence electrons. The lowest BCUT2D eigenvalue weighted by atomic mass is 9.93. The van der Waals surface area contributed by atoms with E-state index in [2.05, 4.69) is 10.1 Å². The highest BCUT2D eigenvalue weighted by Crippen LogP contribution is 2.23. The van der Waals surface area contributed by atoms with Gasteiger partial charge < -0.3 is 10.0 Å². The van der Waals surface area contributed by atoms with Crippen LogP contribution in [-0.4, -0.2) is 49.2 Å². The van der Waals surface area contributed by atoms with Crippen LogP contribution in [0.3, 0.4) is 0 Å². The second-order valence-electron chi connectivity index (χ2n) is 6.12. The number of likely N-dealkylation sites (tertiary alicyclic amines) is 1. The van der Waals surface area contributed by atoms with Crippen LogP contribution in [0.5, 0.6) is 0 Å². The fourth-order valence-corrected chi connectivity index (χ4v) is 2.78. The Labute approximate surface area is 123 Å². The molecule has 1 N–H and O–H groups in total. The number of carbonyl (C=O) groups is 1. The quantitative estimate of drug-likeness (QED) is 0.859. The Morgan fingerprint density at radius 2 is 2.00 bits per heavy atom. The summed E-state index contributed by atoms with van der Waals surface area (Å²) in [4.78, 5) is 18.9. The zero-order chi connectivity index (χ0) is 15.2. The average Bonchev–Trinajstić information content (AvgIpc) is 2.82. The molecular weight excluding hydrogens is 268 g/mol. The van der Waals surface area contributed by atoms with Crippen LogP contribution in [0.4, 0.5) is 0 Å². The molecule has 0 spiro atoms.